The normalized spacial score (nSPS) is 15.3. The van der Waals surface area contributed by atoms with Crippen LogP contribution in [0.1, 0.15) is 12.8 Å². The molecular weight excluding hydrogens is 370 g/mol. The number of hydrogen-bond donors (Lipinski definition) is 2. The number of aliphatic hydroxyl groups is 1. The van der Waals surface area contributed by atoms with Gasteiger partial charge in [-0.25, -0.2) is 0 Å². The Morgan fingerprint density at radius 3 is 1.29 bits per heavy atom. The number of rotatable bonds is 21. The molecule has 1 saturated heterocycles. The van der Waals surface area contributed by atoms with E-state index in [9.17, 15) is 0 Å². The van der Waals surface area contributed by atoms with Crippen molar-refractivity contribution in [3.8, 4) is 0 Å². The van der Waals surface area contributed by atoms with Gasteiger partial charge in [0.25, 0.3) is 0 Å². The Morgan fingerprint density at radius 1 is 0.536 bits per heavy atom. The molecule has 0 spiro atoms. The van der Waals surface area contributed by atoms with Gasteiger partial charge < -0.3 is 43.6 Å². The Labute approximate surface area is 168 Å². The van der Waals surface area contributed by atoms with E-state index in [-0.39, 0.29) is 6.61 Å². The minimum Gasteiger partial charge on any atom is -0.394 e. The molecule has 28 heavy (non-hydrogen) atoms. The minimum absolute atomic E-state index is 0.0378. The maximum atomic E-state index is 8.53. The van der Waals surface area contributed by atoms with E-state index in [0.717, 1.165) is 25.9 Å². The third kappa shape index (κ3) is 17.7. The number of nitrogens with one attached hydrogen (secondary N) is 1. The summed E-state index contributed by atoms with van der Waals surface area (Å²) in [6.07, 6.45) is 2.55. The molecular formula is C19H39NO8. The van der Waals surface area contributed by atoms with Gasteiger partial charge in [0.05, 0.1) is 98.6 Å². The summed E-state index contributed by atoms with van der Waals surface area (Å²) in [6, 6.07) is 0. The number of aliphatic hydroxyl groups excluding tert-OH is 1. The summed E-state index contributed by atoms with van der Waals surface area (Å²) < 4.78 is 37.9. The van der Waals surface area contributed by atoms with Crippen molar-refractivity contribution < 1.29 is 38.3 Å². The maximum absolute atomic E-state index is 8.53. The highest BCUT2D eigenvalue weighted by Gasteiger charge is 2.12. The maximum Gasteiger partial charge on any atom is 0.0704 e. The number of ether oxygens (including phenoxy) is 7. The van der Waals surface area contributed by atoms with Gasteiger partial charge in [-0.1, -0.05) is 0 Å². The van der Waals surface area contributed by atoms with Crippen molar-refractivity contribution in [2.75, 3.05) is 106 Å². The van der Waals surface area contributed by atoms with Crippen LogP contribution >= 0.6 is 0 Å². The summed E-state index contributed by atoms with van der Waals surface area (Å²) in [5, 5.41) is 11.8. The summed E-state index contributed by atoms with van der Waals surface area (Å²) in [5.74, 6) is 0. The van der Waals surface area contributed by atoms with Crippen LogP contribution in [0.5, 0.6) is 0 Å². The number of hydrogen-bond acceptors (Lipinski definition) is 9. The van der Waals surface area contributed by atoms with Crippen molar-refractivity contribution in [1.82, 2.24) is 5.32 Å². The van der Waals surface area contributed by atoms with E-state index in [1.54, 1.807) is 0 Å². The van der Waals surface area contributed by atoms with Crippen LogP contribution in [-0.2, 0) is 33.2 Å². The van der Waals surface area contributed by atoms with E-state index in [4.69, 9.17) is 38.3 Å². The van der Waals surface area contributed by atoms with Crippen molar-refractivity contribution in [2.45, 2.75) is 18.9 Å². The lowest BCUT2D eigenvalue weighted by molar-refractivity contribution is -0.0309. The first-order valence-corrected chi connectivity index (χ1v) is 10.3. The molecule has 0 radical (unpaired) electrons. The van der Waals surface area contributed by atoms with Crippen LogP contribution in [0.15, 0.2) is 0 Å². The molecule has 1 fully saturated rings. The predicted molar refractivity (Wildman–Crippen MR) is 104 cm³/mol. The van der Waals surface area contributed by atoms with Gasteiger partial charge in [0.1, 0.15) is 0 Å². The molecule has 1 aliphatic rings. The Bertz CT molecular complexity index is 306. The van der Waals surface area contributed by atoms with Gasteiger partial charge in [0.2, 0.25) is 0 Å². The van der Waals surface area contributed by atoms with Gasteiger partial charge in [-0.15, -0.1) is 0 Å². The summed E-state index contributed by atoms with van der Waals surface area (Å²) in [6.45, 7) is 9.07. The largest absolute Gasteiger partial charge is 0.394 e. The number of piperidine rings is 1. The van der Waals surface area contributed by atoms with E-state index >= 15 is 0 Å². The van der Waals surface area contributed by atoms with Gasteiger partial charge in [0, 0.05) is 0 Å². The highest BCUT2D eigenvalue weighted by Crippen LogP contribution is 2.06. The van der Waals surface area contributed by atoms with E-state index in [1.807, 2.05) is 0 Å². The molecule has 2 N–H and O–H groups in total. The van der Waals surface area contributed by atoms with Crippen LogP contribution in [0, 0.1) is 0 Å². The molecule has 1 aliphatic heterocycles. The zero-order chi connectivity index (χ0) is 20.0. The molecule has 0 aromatic rings. The van der Waals surface area contributed by atoms with Gasteiger partial charge in [-0.3, -0.25) is 0 Å². The van der Waals surface area contributed by atoms with E-state index in [1.165, 1.54) is 0 Å². The molecule has 0 aromatic carbocycles. The molecule has 1 heterocycles. The summed E-state index contributed by atoms with van der Waals surface area (Å²) in [7, 11) is 0. The molecule has 0 aromatic heterocycles. The summed E-state index contributed by atoms with van der Waals surface area (Å²) in [5.41, 5.74) is 0. The molecule has 0 saturated carbocycles. The molecule has 9 heteroatoms. The van der Waals surface area contributed by atoms with Crippen molar-refractivity contribution in [2.24, 2.45) is 0 Å². The summed E-state index contributed by atoms with van der Waals surface area (Å²) >= 11 is 0. The van der Waals surface area contributed by atoms with E-state index in [2.05, 4.69) is 5.32 Å². The smallest absolute Gasteiger partial charge is 0.0704 e. The Morgan fingerprint density at radius 2 is 0.893 bits per heavy atom. The zero-order valence-corrected chi connectivity index (χ0v) is 17.1. The average molecular weight is 410 g/mol. The lowest BCUT2D eigenvalue weighted by atomic mass is 10.1. The van der Waals surface area contributed by atoms with Crippen molar-refractivity contribution in [3.63, 3.8) is 0 Å². The molecule has 9 nitrogen and oxygen atoms in total. The third-order valence-electron chi connectivity index (χ3n) is 3.96. The fraction of sp³-hybridized carbons (Fsp3) is 1.00. The van der Waals surface area contributed by atoms with E-state index in [0.29, 0.717) is 92.0 Å². The second-order valence-corrected chi connectivity index (χ2v) is 6.22. The van der Waals surface area contributed by atoms with Crippen LogP contribution in [-0.4, -0.2) is 117 Å². The highest BCUT2D eigenvalue weighted by molar-refractivity contribution is 4.67. The van der Waals surface area contributed by atoms with Gasteiger partial charge in [-0.2, -0.15) is 0 Å². The molecule has 168 valence electrons. The second-order valence-electron chi connectivity index (χ2n) is 6.22. The van der Waals surface area contributed by atoms with Crippen LogP contribution in [0.3, 0.4) is 0 Å². The summed E-state index contributed by atoms with van der Waals surface area (Å²) in [4.78, 5) is 0. The molecule has 0 amide bonds. The fourth-order valence-corrected chi connectivity index (χ4v) is 2.50. The molecule has 0 aliphatic carbocycles. The first-order valence-electron chi connectivity index (χ1n) is 10.3. The monoisotopic (exact) mass is 409 g/mol. The standard InChI is InChI=1S/C19H39NO8/c21-5-6-22-7-8-23-9-10-24-11-12-25-13-14-26-15-16-27-17-18-28-19-1-3-20-4-2-19/h19-21H,1-18H2. The van der Waals surface area contributed by atoms with Crippen LogP contribution in [0.4, 0.5) is 0 Å². The first kappa shape index (κ1) is 25.7. The highest BCUT2D eigenvalue weighted by atomic mass is 16.6. The van der Waals surface area contributed by atoms with Gasteiger partial charge >= 0.3 is 0 Å². The topological polar surface area (TPSA) is 96.9 Å². The Kier molecular flexibility index (Phi) is 19.6. The average Bonchev–Trinajstić information content (AvgIpc) is 2.73. The third-order valence-corrected chi connectivity index (χ3v) is 3.96. The molecule has 1 rings (SSSR count). The van der Waals surface area contributed by atoms with Crippen LogP contribution < -0.4 is 5.32 Å². The first-order chi connectivity index (χ1) is 13.9. The van der Waals surface area contributed by atoms with Crippen molar-refractivity contribution in [1.29, 1.82) is 0 Å². The predicted octanol–water partition coefficient (Wildman–Crippen LogP) is -0.153. The molecule has 0 atom stereocenters. The van der Waals surface area contributed by atoms with Crippen molar-refractivity contribution in [3.05, 3.63) is 0 Å². The van der Waals surface area contributed by atoms with Gasteiger partial charge in [-0.05, 0) is 25.9 Å². The minimum atomic E-state index is 0.0378. The van der Waals surface area contributed by atoms with Crippen LogP contribution in [0.25, 0.3) is 0 Å². The molecule has 0 bridgehead atoms. The van der Waals surface area contributed by atoms with Crippen molar-refractivity contribution >= 4 is 0 Å². The lowest BCUT2D eigenvalue weighted by Gasteiger charge is -2.22. The van der Waals surface area contributed by atoms with Crippen LogP contribution in [0.2, 0.25) is 0 Å². The molecule has 0 unspecified atom stereocenters. The SMILES string of the molecule is OCCOCCOCCOCCOCCOCCOCCOC1CCNCC1. The van der Waals surface area contributed by atoms with E-state index < -0.39 is 0 Å². The lowest BCUT2D eigenvalue weighted by Crippen LogP contribution is -2.33. The van der Waals surface area contributed by atoms with Gasteiger partial charge in [0.15, 0.2) is 0 Å². The Balaban J connectivity index is 1.64. The fourth-order valence-electron chi connectivity index (χ4n) is 2.50. The second kappa shape index (κ2) is 21.4. The Hall–Kier alpha value is -0.360. The quantitative estimate of drug-likeness (QED) is 0.251. The zero-order valence-electron chi connectivity index (χ0n) is 17.1.